The molecule has 1 fully saturated rings. The van der Waals surface area contributed by atoms with Gasteiger partial charge in [0.1, 0.15) is 0 Å². The zero-order valence-electron chi connectivity index (χ0n) is 8.81. The van der Waals surface area contributed by atoms with Crippen LogP contribution in [0.25, 0.3) is 5.70 Å². The minimum Gasteiger partial charge on any atom is -0.298 e. The molecule has 0 aromatic heterocycles. The zero-order valence-corrected chi connectivity index (χ0v) is 9.63. The molecule has 3 nitrogen and oxygen atoms in total. The first-order valence-electron chi connectivity index (χ1n) is 5.44. The van der Waals surface area contributed by atoms with E-state index in [1.54, 1.807) is 11.8 Å². The Morgan fingerprint density at radius 3 is 2.56 bits per heavy atom. The summed E-state index contributed by atoms with van der Waals surface area (Å²) in [5, 5.41) is 3.08. The van der Waals surface area contributed by atoms with Gasteiger partial charge in [0, 0.05) is 5.41 Å². The van der Waals surface area contributed by atoms with Crippen LogP contribution >= 0.6 is 11.8 Å². The fourth-order valence-corrected chi connectivity index (χ4v) is 2.23. The highest BCUT2D eigenvalue weighted by molar-refractivity contribution is 8.16. The van der Waals surface area contributed by atoms with E-state index in [9.17, 15) is 0 Å². The summed E-state index contributed by atoms with van der Waals surface area (Å²) in [6.07, 6.45) is 2.47. The van der Waals surface area contributed by atoms with Crippen molar-refractivity contribution in [1.29, 1.82) is 0 Å². The predicted molar refractivity (Wildman–Crippen MR) is 68.7 cm³/mol. The Hall–Kier alpha value is -1.42. The van der Waals surface area contributed by atoms with Gasteiger partial charge in [-0.25, -0.2) is 0 Å². The van der Waals surface area contributed by atoms with E-state index in [0.717, 1.165) is 10.9 Å². The molecule has 0 saturated heterocycles. The summed E-state index contributed by atoms with van der Waals surface area (Å²) >= 11 is 1.65. The van der Waals surface area contributed by atoms with Crippen LogP contribution in [0.15, 0.2) is 40.7 Å². The number of aliphatic imine (C=N–C) groups is 1. The third-order valence-corrected chi connectivity index (χ3v) is 3.31. The maximum Gasteiger partial charge on any atom is 0.180 e. The van der Waals surface area contributed by atoms with Crippen LogP contribution in [0.5, 0.6) is 0 Å². The number of benzene rings is 1. The third-order valence-electron chi connectivity index (χ3n) is 2.52. The molecule has 2 aliphatic rings. The largest absolute Gasteiger partial charge is 0.298 e. The molecular formula is C12H13N3S. The molecule has 1 heterocycles. The fourth-order valence-electron chi connectivity index (χ4n) is 1.48. The second kappa shape index (κ2) is 4.22. The third kappa shape index (κ3) is 2.22. The Morgan fingerprint density at radius 2 is 1.94 bits per heavy atom. The van der Waals surface area contributed by atoms with Crippen LogP contribution in [0.2, 0.25) is 0 Å². The second-order valence-corrected chi connectivity index (χ2v) is 4.79. The molecule has 16 heavy (non-hydrogen) atoms. The molecule has 2 N–H and O–H groups in total. The average Bonchev–Trinajstić information content (AvgIpc) is 3.15. The molecule has 4 heteroatoms. The topological polar surface area (TPSA) is 36.4 Å². The molecule has 0 bridgehead atoms. The summed E-state index contributed by atoms with van der Waals surface area (Å²) in [6.45, 7) is 0. The van der Waals surface area contributed by atoms with E-state index in [1.807, 2.05) is 18.2 Å². The van der Waals surface area contributed by atoms with Gasteiger partial charge in [-0.3, -0.25) is 15.8 Å². The van der Waals surface area contributed by atoms with E-state index < -0.39 is 0 Å². The van der Waals surface area contributed by atoms with E-state index in [-0.39, 0.29) is 0 Å². The maximum atomic E-state index is 4.54. The first kappa shape index (κ1) is 9.78. The molecule has 0 atom stereocenters. The van der Waals surface area contributed by atoms with E-state index in [4.69, 9.17) is 0 Å². The van der Waals surface area contributed by atoms with Crippen molar-refractivity contribution < 1.29 is 0 Å². The minimum atomic E-state index is 0.559. The van der Waals surface area contributed by atoms with E-state index >= 15 is 0 Å². The van der Waals surface area contributed by atoms with Gasteiger partial charge in [-0.15, -0.1) is 0 Å². The number of amidine groups is 1. The molecule has 1 aromatic rings. The Kier molecular flexibility index (Phi) is 2.58. The average molecular weight is 231 g/mol. The summed E-state index contributed by atoms with van der Waals surface area (Å²) in [5.74, 6) is 0. The summed E-state index contributed by atoms with van der Waals surface area (Å²) in [7, 11) is 0. The molecule has 1 saturated carbocycles. The van der Waals surface area contributed by atoms with Crippen LogP contribution in [-0.4, -0.2) is 11.2 Å². The molecule has 1 aliphatic carbocycles. The quantitative estimate of drug-likeness (QED) is 0.820. The number of rotatable bonds is 2. The van der Waals surface area contributed by atoms with E-state index in [2.05, 4.69) is 33.4 Å². The van der Waals surface area contributed by atoms with Gasteiger partial charge in [-0.05, 0) is 18.4 Å². The number of hydrazine groups is 1. The molecule has 0 amide bonds. The van der Waals surface area contributed by atoms with Crippen LogP contribution in [0.4, 0.5) is 0 Å². The predicted octanol–water partition coefficient (Wildman–Crippen LogP) is 2.34. The molecule has 1 aromatic carbocycles. The molecule has 3 rings (SSSR count). The smallest absolute Gasteiger partial charge is 0.180 e. The van der Waals surface area contributed by atoms with Crippen molar-refractivity contribution in [3.63, 3.8) is 0 Å². The van der Waals surface area contributed by atoms with Gasteiger partial charge in [-0.1, -0.05) is 42.1 Å². The lowest BCUT2D eigenvalue weighted by Gasteiger charge is -2.18. The second-order valence-electron chi connectivity index (χ2n) is 3.93. The van der Waals surface area contributed by atoms with Crippen molar-refractivity contribution in [3.8, 4) is 0 Å². The maximum absolute atomic E-state index is 4.54. The van der Waals surface area contributed by atoms with Crippen LogP contribution < -0.4 is 10.9 Å². The van der Waals surface area contributed by atoms with Crippen molar-refractivity contribution in [1.82, 2.24) is 10.9 Å². The first-order valence-corrected chi connectivity index (χ1v) is 6.32. The lowest BCUT2D eigenvalue weighted by atomic mass is 10.2. The van der Waals surface area contributed by atoms with Crippen molar-refractivity contribution in [2.45, 2.75) is 18.9 Å². The summed E-state index contributed by atoms with van der Waals surface area (Å²) in [6, 6.07) is 10.8. The van der Waals surface area contributed by atoms with Crippen LogP contribution in [0, 0.1) is 0 Å². The number of thioether (sulfide) groups is 1. The fraction of sp³-hybridized carbons (Fsp3) is 0.250. The number of nitrogens with one attached hydrogen (secondary N) is 2. The van der Waals surface area contributed by atoms with Gasteiger partial charge in [0.25, 0.3) is 0 Å². The van der Waals surface area contributed by atoms with E-state index in [1.165, 1.54) is 18.4 Å². The van der Waals surface area contributed by atoms with Gasteiger partial charge in [-0.2, -0.15) is 0 Å². The molecule has 82 valence electrons. The van der Waals surface area contributed by atoms with Gasteiger partial charge in [0.15, 0.2) is 5.17 Å². The Balaban J connectivity index is 1.73. The monoisotopic (exact) mass is 231 g/mol. The molecule has 1 aliphatic heterocycles. The van der Waals surface area contributed by atoms with Crippen LogP contribution in [-0.2, 0) is 0 Å². The molecular weight excluding hydrogens is 218 g/mol. The van der Waals surface area contributed by atoms with Crippen LogP contribution in [0.3, 0.4) is 0 Å². The Morgan fingerprint density at radius 1 is 1.12 bits per heavy atom. The van der Waals surface area contributed by atoms with Crippen molar-refractivity contribution >= 4 is 22.6 Å². The highest BCUT2D eigenvalue weighted by Crippen LogP contribution is 2.26. The van der Waals surface area contributed by atoms with Gasteiger partial charge in [0.2, 0.25) is 0 Å². The number of hydrogen-bond donors (Lipinski definition) is 2. The highest BCUT2D eigenvalue weighted by atomic mass is 32.2. The van der Waals surface area contributed by atoms with Crippen LogP contribution in [0.1, 0.15) is 18.4 Å². The van der Waals surface area contributed by atoms with Gasteiger partial charge >= 0.3 is 0 Å². The summed E-state index contributed by atoms with van der Waals surface area (Å²) in [4.78, 5) is 4.54. The van der Waals surface area contributed by atoms with Gasteiger partial charge in [0.05, 0.1) is 11.7 Å². The lowest BCUT2D eigenvalue weighted by Crippen LogP contribution is -2.37. The summed E-state index contributed by atoms with van der Waals surface area (Å²) < 4.78 is 0. The normalized spacial score (nSPS) is 22.2. The molecule has 0 unspecified atom stereocenters. The highest BCUT2D eigenvalue weighted by Gasteiger charge is 2.22. The summed E-state index contributed by atoms with van der Waals surface area (Å²) in [5.41, 5.74) is 8.60. The Bertz CT molecular complexity index is 435. The SMILES string of the molecule is C1=C(c2ccccc2)NNC(=NC2CC2)S1. The lowest BCUT2D eigenvalue weighted by molar-refractivity contribution is 0.838. The Labute approximate surface area is 99.0 Å². The van der Waals surface area contributed by atoms with Crippen molar-refractivity contribution in [2.24, 2.45) is 4.99 Å². The van der Waals surface area contributed by atoms with Gasteiger partial charge < -0.3 is 0 Å². The zero-order chi connectivity index (χ0) is 10.8. The first-order chi connectivity index (χ1) is 7.92. The van der Waals surface area contributed by atoms with Crippen molar-refractivity contribution in [3.05, 3.63) is 41.3 Å². The molecule has 0 spiro atoms. The van der Waals surface area contributed by atoms with Crippen molar-refractivity contribution in [2.75, 3.05) is 0 Å². The molecule has 0 radical (unpaired) electrons. The number of nitrogens with zero attached hydrogens (tertiary/aromatic N) is 1. The minimum absolute atomic E-state index is 0.559. The van der Waals surface area contributed by atoms with E-state index in [0.29, 0.717) is 6.04 Å². The number of hydrogen-bond acceptors (Lipinski definition) is 3. The standard InChI is InChI=1S/C12H13N3S/c1-2-4-9(5-3-1)11-8-16-12(15-14-11)13-10-6-7-10/h1-5,8,10,14H,6-7H2,(H,13,15).